The highest BCUT2D eigenvalue weighted by atomic mass is 14.2. The van der Waals surface area contributed by atoms with Crippen molar-refractivity contribution in [2.45, 2.75) is 40.0 Å². The van der Waals surface area contributed by atoms with E-state index in [2.05, 4.69) is 125 Å². The van der Waals surface area contributed by atoms with E-state index in [0.717, 1.165) is 12.0 Å². The molecule has 2 aliphatic carbocycles. The number of hydrogen-bond acceptors (Lipinski definition) is 0. The molecule has 0 heterocycles. The zero-order valence-corrected chi connectivity index (χ0v) is 21.9. The lowest BCUT2D eigenvalue weighted by atomic mass is 9.89. The molecule has 0 saturated carbocycles. The zero-order chi connectivity index (χ0) is 25.7. The average molecular weight is 469 g/mol. The van der Waals surface area contributed by atoms with Crippen LogP contribution < -0.4 is 0 Å². The Labute approximate surface area is 217 Å². The van der Waals surface area contributed by atoms with Crippen molar-refractivity contribution in [3.05, 3.63) is 155 Å². The second kappa shape index (κ2) is 11.2. The molecule has 0 N–H and O–H groups in total. The van der Waals surface area contributed by atoms with E-state index in [4.69, 9.17) is 0 Å². The SMILES string of the molecule is C=C1CCc2ccccc2C1.C=C1c2ccccc2-c2ccccc21.C=Cc1c(C)cc(C)cc1C. The topological polar surface area (TPSA) is 0 Å². The minimum atomic E-state index is 1.09. The van der Waals surface area contributed by atoms with Gasteiger partial charge in [-0.15, -0.1) is 0 Å². The Morgan fingerprint density at radius 1 is 0.611 bits per heavy atom. The summed E-state index contributed by atoms with van der Waals surface area (Å²) in [6, 6.07) is 29.9. The van der Waals surface area contributed by atoms with Crippen LogP contribution >= 0.6 is 0 Å². The summed E-state index contributed by atoms with van der Waals surface area (Å²) in [4.78, 5) is 0. The van der Waals surface area contributed by atoms with Crippen molar-refractivity contribution in [3.63, 3.8) is 0 Å². The van der Waals surface area contributed by atoms with Crippen LogP contribution in [0.25, 0.3) is 22.8 Å². The van der Waals surface area contributed by atoms with Gasteiger partial charge in [0.05, 0.1) is 0 Å². The molecule has 0 aromatic heterocycles. The summed E-state index contributed by atoms with van der Waals surface area (Å²) in [5, 5.41) is 0. The van der Waals surface area contributed by atoms with E-state index in [1.54, 1.807) is 0 Å². The molecule has 4 aromatic carbocycles. The van der Waals surface area contributed by atoms with Gasteiger partial charge < -0.3 is 0 Å². The number of benzene rings is 4. The standard InChI is InChI=1S/C14H10.C11H12.C11H14/c1-10-11-6-2-4-8-13(11)14-9-5-3-7-12(10)14;1-9-6-7-10-4-2-3-5-11(10)8-9;1-5-11-9(3)6-8(2)7-10(11)4/h2-9H,1H2;2-5H,1,6-8H2;5-7H,1H2,2-4H3. The normalized spacial score (nSPS) is 12.8. The van der Waals surface area contributed by atoms with Gasteiger partial charge in [0.25, 0.3) is 0 Å². The molecule has 0 unspecified atom stereocenters. The number of hydrogen-bond donors (Lipinski definition) is 0. The van der Waals surface area contributed by atoms with Gasteiger partial charge in [-0.25, -0.2) is 0 Å². The van der Waals surface area contributed by atoms with Crippen LogP contribution in [0.5, 0.6) is 0 Å². The summed E-state index contributed by atoms with van der Waals surface area (Å²) in [5.74, 6) is 0. The van der Waals surface area contributed by atoms with Crippen LogP contribution in [0.15, 0.2) is 110 Å². The fraction of sp³-hybridized carbons (Fsp3) is 0.167. The summed E-state index contributed by atoms with van der Waals surface area (Å²) < 4.78 is 0. The number of rotatable bonds is 1. The molecule has 0 bridgehead atoms. The van der Waals surface area contributed by atoms with Gasteiger partial charge in [0.2, 0.25) is 0 Å². The maximum Gasteiger partial charge on any atom is -0.00670 e. The highest BCUT2D eigenvalue weighted by molar-refractivity contribution is 6.00. The first kappa shape index (κ1) is 25.2. The summed E-state index contributed by atoms with van der Waals surface area (Å²) in [6.45, 7) is 18.3. The van der Waals surface area contributed by atoms with Crippen molar-refractivity contribution < 1.29 is 0 Å². The number of allylic oxidation sites excluding steroid dienone is 1. The minimum absolute atomic E-state index is 1.09. The third-order valence-electron chi connectivity index (χ3n) is 7.04. The number of fused-ring (bicyclic) bond motifs is 4. The first-order valence-electron chi connectivity index (χ1n) is 12.7. The van der Waals surface area contributed by atoms with Gasteiger partial charge in [0.1, 0.15) is 0 Å². The van der Waals surface area contributed by atoms with Gasteiger partial charge in [0.15, 0.2) is 0 Å². The third-order valence-corrected chi connectivity index (χ3v) is 7.04. The van der Waals surface area contributed by atoms with E-state index in [1.807, 2.05) is 6.08 Å². The second-order valence-corrected chi connectivity index (χ2v) is 9.78. The summed E-state index contributed by atoms with van der Waals surface area (Å²) >= 11 is 0. The van der Waals surface area contributed by atoms with Crippen LogP contribution in [0, 0.1) is 20.8 Å². The average Bonchev–Trinajstić information content (AvgIpc) is 3.17. The van der Waals surface area contributed by atoms with Crippen molar-refractivity contribution >= 4 is 11.6 Å². The Kier molecular flexibility index (Phi) is 7.86. The van der Waals surface area contributed by atoms with E-state index >= 15 is 0 Å². The van der Waals surface area contributed by atoms with Crippen LogP contribution in [0.2, 0.25) is 0 Å². The van der Waals surface area contributed by atoms with Crippen molar-refractivity contribution in [2.24, 2.45) is 0 Å². The molecule has 0 radical (unpaired) electrons. The molecule has 0 atom stereocenters. The molecule has 0 saturated heterocycles. The van der Waals surface area contributed by atoms with Gasteiger partial charge in [-0.1, -0.05) is 122 Å². The fourth-order valence-corrected chi connectivity index (χ4v) is 5.26. The highest BCUT2D eigenvalue weighted by Gasteiger charge is 2.20. The van der Waals surface area contributed by atoms with Gasteiger partial charge in [0, 0.05) is 0 Å². The Bertz CT molecular complexity index is 1360. The maximum atomic E-state index is 4.14. The Hall–Kier alpha value is -3.90. The van der Waals surface area contributed by atoms with Crippen LogP contribution in [0.3, 0.4) is 0 Å². The van der Waals surface area contributed by atoms with E-state index in [1.165, 1.54) is 74.0 Å². The molecule has 4 aromatic rings. The molecule has 180 valence electrons. The molecule has 36 heavy (non-hydrogen) atoms. The smallest absolute Gasteiger partial charge is 0.00670 e. The summed E-state index contributed by atoms with van der Waals surface area (Å²) in [5.41, 5.74) is 15.9. The predicted octanol–water partition coefficient (Wildman–Crippen LogP) is 9.71. The first-order chi connectivity index (χ1) is 17.4. The van der Waals surface area contributed by atoms with Crippen molar-refractivity contribution in [2.75, 3.05) is 0 Å². The summed E-state index contributed by atoms with van der Waals surface area (Å²) in [6.07, 6.45) is 5.38. The van der Waals surface area contributed by atoms with E-state index in [-0.39, 0.29) is 0 Å². The molecule has 0 aliphatic heterocycles. The number of aryl methyl sites for hydroxylation is 4. The molecule has 6 rings (SSSR count). The van der Waals surface area contributed by atoms with Crippen molar-refractivity contribution in [3.8, 4) is 11.1 Å². The fourth-order valence-electron chi connectivity index (χ4n) is 5.26. The molecule has 0 amide bonds. The third kappa shape index (κ3) is 5.50. The van der Waals surface area contributed by atoms with Gasteiger partial charge in [-0.3, -0.25) is 0 Å². The van der Waals surface area contributed by atoms with Crippen molar-refractivity contribution in [1.82, 2.24) is 0 Å². The minimum Gasteiger partial charge on any atom is -0.0995 e. The summed E-state index contributed by atoms with van der Waals surface area (Å²) in [7, 11) is 0. The second-order valence-electron chi connectivity index (χ2n) is 9.78. The van der Waals surface area contributed by atoms with Gasteiger partial charge >= 0.3 is 0 Å². The molecular formula is C36H36. The molecular weight excluding hydrogens is 432 g/mol. The molecule has 0 spiro atoms. The molecule has 0 fully saturated rings. The van der Waals surface area contributed by atoms with E-state index in [9.17, 15) is 0 Å². The van der Waals surface area contributed by atoms with Crippen LogP contribution in [-0.4, -0.2) is 0 Å². The molecule has 0 nitrogen and oxygen atoms in total. The van der Waals surface area contributed by atoms with E-state index in [0.29, 0.717) is 0 Å². The van der Waals surface area contributed by atoms with Gasteiger partial charge in [-0.05, 0) is 95.7 Å². The van der Waals surface area contributed by atoms with E-state index < -0.39 is 0 Å². The lowest BCUT2D eigenvalue weighted by molar-refractivity contribution is 0.841. The lowest BCUT2D eigenvalue weighted by Crippen LogP contribution is -2.03. The van der Waals surface area contributed by atoms with Crippen molar-refractivity contribution in [1.29, 1.82) is 0 Å². The largest absolute Gasteiger partial charge is 0.0995 e. The highest BCUT2D eigenvalue weighted by Crippen LogP contribution is 2.42. The monoisotopic (exact) mass is 468 g/mol. The zero-order valence-electron chi connectivity index (χ0n) is 21.9. The Morgan fingerprint density at radius 2 is 1.08 bits per heavy atom. The van der Waals surface area contributed by atoms with Crippen LogP contribution in [-0.2, 0) is 12.8 Å². The first-order valence-corrected chi connectivity index (χ1v) is 12.7. The lowest BCUT2D eigenvalue weighted by Gasteiger charge is -2.16. The Morgan fingerprint density at radius 3 is 1.61 bits per heavy atom. The van der Waals surface area contributed by atoms with Crippen LogP contribution in [0.4, 0.5) is 0 Å². The maximum absolute atomic E-state index is 4.14. The predicted molar refractivity (Wildman–Crippen MR) is 158 cm³/mol. The Balaban J connectivity index is 0.000000128. The quantitative estimate of drug-likeness (QED) is 0.215. The van der Waals surface area contributed by atoms with Crippen LogP contribution in [0.1, 0.15) is 50.9 Å². The van der Waals surface area contributed by atoms with Gasteiger partial charge in [-0.2, -0.15) is 0 Å². The molecule has 2 aliphatic rings. The molecule has 0 heteroatoms.